The van der Waals surface area contributed by atoms with Gasteiger partial charge in [0.1, 0.15) is 0 Å². The number of nitrogens with zero attached hydrogens (tertiary/aromatic N) is 2. The largest absolute Gasteiger partial charge is 0.311 e. The maximum Gasteiger partial charge on any atom is 0.0220 e. The van der Waals surface area contributed by atoms with E-state index in [0.29, 0.717) is 5.41 Å². The van der Waals surface area contributed by atoms with E-state index < -0.39 is 0 Å². The van der Waals surface area contributed by atoms with Crippen LogP contribution in [0.3, 0.4) is 0 Å². The van der Waals surface area contributed by atoms with E-state index in [2.05, 4.69) is 63.8 Å². The van der Waals surface area contributed by atoms with Gasteiger partial charge in [0.2, 0.25) is 0 Å². The standard InChI is InChI=1S/C18H39N3/c1-8-18(9-2,14-19-17(3,4)5)15-21(7)16-11-10-12-20(6)13-16/h16,19H,8-15H2,1-7H3. The molecule has 1 aliphatic heterocycles. The second-order valence-corrected chi connectivity index (χ2v) is 8.28. The average Bonchev–Trinajstić information content (AvgIpc) is 2.42. The summed E-state index contributed by atoms with van der Waals surface area (Å²) in [6, 6.07) is 0.732. The van der Waals surface area contributed by atoms with Gasteiger partial charge >= 0.3 is 0 Å². The number of piperidine rings is 1. The Labute approximate surface area is 133 Å². The Morgan fingerprint density at radius 3 is 2.29 bits per heavy atom. The zero-order chi connectivity index (χ0) is 16.1. The molecule has 0 amide bonds. The Balaban J connectivity index is 2.63. The minimum absolute atomic E-state index is 0.208. The van der Waals surface area contributed by atoms with Crippen molar-refractivity contribution in [2.24, 2.45) is 5.41 Å². The molecule has 1 saturated heterocycles. The molecule has 1 rings (SSSR count). The van der Waals surface area contributed by atoms with Gasteiger partial charge in [0.15, 0.2) is 0 Å². The van der Waals surface area contributed by atoms with Crippen molar-refractivity contribution >= 4 is 0 Å². The quantitative estimate of drug-likeness (QED) is 0.778. The summed E-state index contributed by atoms with van der Waals surface area (Å²) in [5, 5.41) is 3.74. The van der Waals surface area contributed by atoms with E-state index >= 15 is 0 Å². The molecule has 3 nitrogen and oxygen atoms in total. The molecule has 0 bridgehead atoms. The summed E-state index contributed by atoms with van der Waals surface area (Å²) >= 11 is 0. The molecule has 1 heterocycles. The molecule has 0 spiro atoms. The second-order valence-electron chi connectivity index (χ2n) is 8.28. The van der Waals surface area contributed by atoms with Crippen LogP contribution in [0.2, 0.25) is 0 Å². The molecule has 0 aromatic heterocycles. The van der Waals surface area contributed by atoms with Gasteiger partial charge in [-0.05, 0) is 72.5 Å². The van der Waals surface area contributed by atoms with Crippen LogP contribution < -0.4 is 5.32 Å². The topological polar surface area (TPSA) is 18.5 Å². The van der Waals surface area contributed by atoms with Gasteiger partial charge in [-0.2, -0.15) is 0 Å². The summed E-state index contributed by atoms with van der Waals surface area (Å²) in [5.74, 6) is 0. The normalized spacial score (nSPS) is 22.0. The molecule has 1 N–H and O–H groups in total. The Morgan fingerprint density at radius 2 is 1.81 bits per heavy atom. The molecule has 21 heavy (non-hydrogen) atoms. The van der Waals surface area contributed by atoms with Gasteiger partial charge in [0, 0.05) is 31.2 Å². The molecule has 0 aromatic carbocycles. The third-order valence-corrected chi connectivity index (χ3v) is 5.30. The Kier molecular flexibility index (Phi) is 7.15. The Bertz CT molecular complexity index is 291. The van der Waals surface area contributed by atoms with E-state index in [9.17, 15) is 0 Å². The van der Waals surface area contributed by atoms with Crippen LogP contribution in [-0.2, 0) is 0 Å². The van der Waals surface area contributed by atoms with E-state index in [1.807, 2.05) is 0 Å². The molecular formula is C18H39N3. The van der Waals surface area contributed by atoms with Crippen LogP contribution >= 0.6 is 0 Å². The highest BCUT2D eigenvalue weighted by molar-refractivity contribution is 4.88. The zero-order valence-electron chi connectivity index (χ0n) is 15.6. The summed E-state index contributed by atoms with van der Waals surface area (Å²) in [6.07, 6.45) is 5.20. The number of nitrogens with one attached hydrogen (secondary N) is 1. The third-order valence-electron chi connectivity index (χ3n) is 5.30. The van der Waals surface area contributed by atoms with Crippen LogP contribution in [0.25, 0.3) is 0 Å². The van der Waals surface area contributed by atoms with Crippen molar-refractivity contribution in [2.75, 3.05) is 40.3 Å². The Hall–Kier alpha value is -0.120. The van der Waals surface area contributed by atoms with E-state index in [1.165, 1.54) is 45.3 Å². The van der Waals surface area contributed by atoms with Crippen molar-refractivity contribution in [1.82, 2.24) is 15.1 Å². The van der Waals surface area contributed by atoms with Crippen molar-refractivity contribution in [2.45, 2.75) is 71.9 Å². The van der Waals surface area contributed by atoms with Gasteiger partial charge < -0.3 is 15.1 Å². The molecule has 1 atom stereocenters. The second kappa shape index (κ2) is 7.94. The third kappa shape index (κ3) is 6.25. The molecule has 0 radical (unpaired) electrons. The van der Waals surface area contributed by atoms with Crippen LogP contribution in [0.4, 0.5) is 0 Å². The van der Waals surface area contributed by atoms with Gasteiger partial charge in [-0.15, -0.1) is 0 Å². The summed E-state index contributed by atoms with van der Waals surface area (Å²) in [5.41, 5.74) is 0.608. The fraction of sp³-hybridized carbons (Fsp3) is 1.00. The molecule has 0 aromatic rings. The smallest absolute Gasteiger partial charge is 0.0220 e. The fourth-order valence-corrected chi connectivity index (χ4v) is 3.39. The molecule has 1 fully saturated rings. The van der Waals surface area contributed by atoms with E-state index in [4.69, 9.17) is 0 Å². The highest BCUT2D eigenvalue weighted by Crippen LogP contribution is 2.29. The van der Waals surface area contributed by atoms with Gasteiger partial charge in [0.25, 0.3) is 0 Å². The number of rotatable bonds is 7. The Morgan fingerprint density at radius 1 is 1.19 bits per heavy atom. The van der Waals surface area contributed by atoms with Crippen LogP contribution in [0, 0.1) is 5.41 Å². The fourth-order valence-electron chi connectivity index (χ4n) is 3.39. The minimum atomic E-state index is 0.208. The maximum atomic E-state index is 3.74. The van der Waals surface area contributed by atoms with Crippen LogP contribution in [0.15, 0.2) is 0 Å². The first-order chi connectivity index (χ1) is 9.71. The van der Waals surface area contributed by atoms with Crippen molar-refractivity contribution in [1.29, 1.82) is 0 Å². The van der Waals surface area contributed by atoms with Crippen molar-refractivity contribution in [3.8, 4) is 0 Å². The lowest BCUT2D eigenvalue weighted by molar-refractivity contribution is 0.0768. The predicted molar refractivity (Wildman–Crippen MR) is 93.9 cm³/mol. The molecule has 1 unspecified atom stereocenters. The highest BCUT2D eigenvalue weighted by Gasteiger charge is 2.32. The summed E-state index contributed by atoms with van der Waals surface area (Å²) in [6.45, 7) is 16.3. The van der Waals surface area contributed by atoms with E-state index in [-0.39, 0.29) is 5.54 Å². The molecular weight excluding hydrogens is 258 g/mol. The predicted octanol–water partition coefficient (Wildman–Crippen LogP) is 3.21. The molecule has 126 valence electrons. The first-order valence-electron chi connectivity index (χ1n) is 8.85. The summed E-state index contributed by atoms with van der Waals surface area (Å²) in [4.78, 5) is 5.12. The monoisotopic (exact) mass is 297 g/mol. The maximum absolute atomic E-state index is 3.74. The van der Waals surface area contributed by atoms with Gasteiger partial charge in [0.05, 0.1) is 0 Å². The van der Waals surface area contributed by atoms with Gasteiger partial charge in [-0.1, -0.05) is 13.8 Å². The minimum Gasteiger partial charge on any atom is -0.311 e. The SMILES string of the molecule is CCC(CC)(CNC(C)(C)C)CN(C)C1CCCN(C)C1. The first kappa shape index (κ1) is 18.9. The number of hydrogen-bond acceptors (Lipinski definition) is 3. The molecule has 3 heteroatoms. The summed E-state index contributed by atoms with van der Waals surface area (Å²) in [7, 11) is 4.59. The van der Waals surface area contributed by atoms with Crippen LogP contribution in [0.1, 0.15) is 60.3 Å². The van der Waals surface area contributed by atoms with Crippen molar-refractivity contribution < 1.29 is 0 Å². The van der Waals surface area contributed by atoms with Gasteiger partial charge in [-0.25, -0.2) is 0 Å². The van der Waals surface area contributed by atoms with Crippen molar-refractivity contribution in [3.63, 3.8) is 0 Å². The lowest BCUT2D eigenvalue weighted by Gasteiger charge is -2.43. The lowest BCUT2D eigenvalue weighted by atomic mass is 9.80. The first-order valence-corrected chi connectivity index (χ1v) is 8.85. The number of likely N-dealkylation sites (tertiary alicyclic amines) is 1. The highest BCUT2D eigenvalue weighted by atomic mass is 15.2. The van der Waals surface area contributed by atoms with Crippen LogP contribution in [0.5, 0.6) is 0 Å². The van der Waals surface area contributed by atoms with Crippen molar-refractivity contribution in [3.05, 3.63) is 0 Å². The zero-order valence-corrected chi connectivity index (χ0v) is 15.6. The average molecular weight is 298 g/mol. The molecule has 0 saturated carbocycles. The van der Waals surface area contributed by atoms with E-state index in [1.54, 1.807) is 0 Å². The summed E-state index contributed by atoms with van der Waals surface area (Å²) < 4.78 is 0. The molecule has 1 aliphatic rings. The lowest BCUT2D eigenvalue weighted by Crippen LogP contribution is -2.52. The van der Waals surface area contributed by atoms with Crippen LogP contribution in [-0.4, -0.2) is 61.7 Å². The van der Waals surface area contributed by atoms with Gasteiger partial charge in [-0.3, -0.25) is 0 Å². The molecule has 0 aliphatic carbocycles. The number of likely N-dealkylation sites (N-methyl/N-ethyl adjacent to an activating group) is 2. The number of hydrogen-bond donors (Lipinski definition) is 1. The van der Waals surface area contributed by atoms with E-state index in [0.717, 1.165) is 12.6 Å².